The third-order valence-electron chi connectivity index (χ3n) is 2.73. The van der Waals surface area contributed by atoms with Crippen molar-refractivity contribution < 1.29 is 9.59 Å². The van der Waals surface area contributed by atoms with Gasteiger partial charge in [0.05, 0.1) is 12.6 Å². The summed E-state index contributed by atoms with van der Waals surface area (Å²) in [5, 5.41) is 8.79. The van der Waals surface area contributed by atoms with Gasteiger partial charge in [0.15, 0.2) is 0 Å². The summed E-state index contributed by atoms with van der Waals surface area (Å²) in [4.78, 5) is 26.5. The van der Waals surface area contributed by atoms with Crippen molar-refractivity contribution in [3.05, 3.63) is 0 Å². The second kappa shape index (κ2) is 7.66. The molecule has 0 aromatic carbocycles. The van der Waals surface area contributed by atoms with Gasteiger partial charge in [-0.25, -0.2) is 0 Å². The Kier molecular flexibility index (Phi) is 6.95. The van der Waals surface area contributed by atoms with Crippen LogP contribution in [0.1, 0.15) is 27.2 Å². The number of carbonyl (C=O) groups is 2. The van der Waals surface area contributed by atoms with Crippen molar-refractivity contribution in [2.45, 2.75) is 27.2 Å². The van der Waals surface area contributed by atoms with Gasteiger partial charge in [-0.15, -0.1) is 0 Å². The third kappa shape index (κ3) is 4.43. The molecule has 0 saturated carbocycles. The van der Waals surface area contributed by atoms with Crippen LogP contribution in [-0.2, 0) is 9.59 Å². The lowest BCUT2D eigenvalue weighted by Gasteiger charge is -2.24. The number of carbonyl (C=O) groups excluding carboxylic acids is 2. The fourth-order valence-corrected chi connectivity index (χ4v) is 1.54. The van der Waals surface area contributed by atoms with Crippen LogP contribution in [0.15, 0.2) is 0 Å². The molecule has 17 heavy (non-hydrogen) atoms. The van der Waals surface area contributed by atoms with E-state index in [0.29, 0.717) is 19.5 Å². The summed E-state index contributed by atoms with van der Waals surface area (Å²) in [5.74, 6) is -1.02. The second-order valence-corrected chi connectivity index (χ2v) is 3.85. The zero-order valence-corrected chi connectivity index (χ0v) is 11.1. The summed E-state index contributed by atoms with van der Waals surface area (Å²) >= 11 is 0. The van der Waals surface area contributed by atoms with Crippen LogP contribution in [-0.4, -0.2) is 48.3 Å². The molecule has 0 rings (SSSR count). The molecule has 0 saturated heterocycles. The molecule has 0 aromatic rings. The number of hydrogen-bond acceptors (Lipinski definition) is 3. The minimum absolute atomic E-state index is 0.0404. The highest BCUT2D eigenvalue weighted by Crippen LogP contribution is 2.05. The maximum atomic E-state index is 11.8. The summed E-state index contributed by atoms with van der Waals surface area (Å²) < 4.78 is 0. The molecule has 0 aromatic heterocycles. The quantitative estimate of drug-likeness (QED) is 0.690. The van der Waals surface area contributed by atoms with E-state index in [1.54, 1.807) is 18.9 Å². The van der Waals surface area contributed by atoms with E-state index in [1.165, 1.54) is 4.90 Å². The molecular weight excluding hydrogens is 218 g/mol. The van der Waals surface area contributed by atoms with E-state index < -0.39 is 5.92 Å². The molecule has 0 heterocycles. The highest BCUT2D eigenvalue weighted by molar-refractivity contribution is 5.86. The lowest BCUT2D eigenvalue weighted by Crippen LogP contribution is -2.42. The molecular formula is C12H21N3O2. The summed E-state index contributed by atoms with van der Waals surface area (Å²) in [6.45, 7) is 6.88. The van der Waals surface area contributed by atoms with E-state index in [1.807, 2.05) is 19.9 Å². The molecule has 0 N–H and O–H groups in total. The second-order valence-electron chi connectivity index (χ2n) is 3.85. The van der Waals surface area contributed by atoms with Gasteiger partial charge in [0.25, 0.3) is 0 Å². The summed E-state index contributed by atoms with van der Waals surface area (Å²) in [6.07, 6.45) is 0.471. The van der Waals surface area contributed by atoms with Crippen molar-refractivity contribution >= 4 is 11.8 Å². The molecule has 1 atom stereocenters. The normalized spacial score (nSPS) is 11.5. The van der Waals surface area contributed by atoms with E-state index in [4.69, 9.17) is 5.26 Å². The molecule has 0 aliphatic carbocycles. The Hall–Kier alpha value is -1.57. The molecule has 5 heteroatoms. The molecule has 0 fully saturated rings. The smallest absolute Gasteiger partial charge is 0.242 e. The largest absolute Gasteiger partial charge is 0.342 e. The Bertz CT molecular complexity index is 305. The highest BCUT2D eigenvalue weighted by Gasteiger charge is 2.22. The van der Waals surface area contributed by atoms with Gasteiger partial charge in [0.2, 0.25) is 11.8 Å². The molecule has 0 aliphatic rings. The van der Waals surface area contributed by atoms with Gasteiger partial charge in [0, 0.05) is 20.1 Å². The van der Waals surface area contributed by atoms with Crippen LogP contribution in [0.3, 0.4) is 0 Å². The van der Waals surface area contributed by atoms with E-state index in [0.717, 1.165) is 0 Å². The average molecular weight is 239 g/mol. The number of nitrogens with zero attached hydrogens (tertiary/aromatic N) is 3. The SMILES string of the molecule is CCC(C#N)C(=O)N(C)CC(=O)N(CC)CC. The first kappa shape index (κ1) is 15.4. The van der Waals surface area contributed by atoms with Gasteiger partial charge in [-0.3, -0.25) is 9.59 Å². The standard InChI is InChI=1S/C12H21N3O2/c1-5-10(8-13)12(17)14(4)9-11(16)15(6-2)7-3/h10H,5-7,9H2,1-4H3. The zero-order chi connectivity index (χ0) is 13.4. The Morgan fingerprint density at radius 3 is 2.12 bits per heavy atom. The van der Waals surface area contributed by atoms with Crippen molar-refractivity contribution in [1.82, 2.24) is 9.80 Å². The predicted molar refractivity (Wildman–Crippen MR) is 65.0 cm³/mol. The number of rotatable bonds is 6. The average Bonchev–Trinajstić information content (AvgIpc) is 2.31. The van der Waals surface area contributed by atoms with Gasteiger partial charge in [-0.2, -0.15) is 5.26 Å². The minimum atomic E-state index is -0.649. The van der Waals surface area contributed by atoms with Crippen LogP contribution in [0.25, 0.3) is 0 Å². The molecule has 96 valence electrons. The first-order valence-electron chi connectivity index (χ1n) is 5.94. The number of hydrogen-bond donors (Lipinski definition) is 0. The fourth-order valence-electron chi connectivity index (χ4n) is 1.54. The van der Waals surface area contributed by atoms with Gasteiger partial charge in [-0.1, -0.05) is 6.92 Å². The Balaban J connectivity index is 4.44. The molecule has 0 aliphatic heterocycles. The maximum Gasteiger partial charge on any atom is 0.242 e. The summed E-state index contributed by atoms with van der Waals surface area (Å²) in [6, 6.07) is 1.95. The molecule has 0 radical (unpaired) electrons. The Labute approximate surface area is 103 Å². The monoisotopic (exact) mass is 239 g/mol. The van der Waals surface area contributed by atoms with Gasteiger partial charge in [0.1, 0.15) is 5.92 Å². The van der Waals surface area contributed by atoms with E-state index in [9.17, 15) is 9.59 Å². The highest BCUT2D eigenvalue weighted by atomic mass is 16.2. The number of amides is 2. The van der Waals surface area contributed by atoms with Crippen molar-refractivity contribution in [2.24, 2.45) is 5.92 Å². The van der Waals surface area contributed by atoms with Crippen LogP contribution in [0.2, 0.25) is 0 Å². The Morgan fingerprint density at radius 1 is 1.24 bits per heavy atom. The third-order valence-corrected chi connectivity index (χ3v) is 2.73. The fraction of sp³-hybridized carbons (Fsp3) is 0.750. The lowest BCUT2D eigenvalue weighted by molar-refractivity contribution is -0.140. The number of nitriles is 1. The van der Waals surface area contributed by atoms with Crippen molar-refractivity contribution in [2.75, 3.05) is 26.7 Å². The molecule has 5 nitrogen and oxygen atoms in total. The summed E-state index contributed by atoms with van der Waals surface area (Å²) in [7, 11) is 1.56. The van der Waals surface area contributed by atoms with E-state index >= 15 is 0 Å². The minimum Gasteiger partial charge on any atom is -0.342 e. The number of likely N-dealkylation sites (N-methyl/N-ethyl adjacent to an activating group) is 2. The maximum absolute atomic E-state index is 11.8. The van der Waals surface area contributed by atoms with Crippen LogP contribution < -0.4 is 0 Å². The summed E-state index contributed by atoms with van der Waals surface area (Å²) in [5.41, 5.74) is 0. The van der Waals surface area contributed by atoms with Crippen LogP contribution in [0, 0.1) is 17.2 Å². The van der Waals surface area contributed by atoms with Crippen molar-refractivity contribution in [3.8, 4) is 6.07 Å². The molecule has 0 bridgehead atoms. The molecule has 0 spiro atoms. The van der Waals surface area contributed by atoms with Gasteiger partial charge in [-0.05, 0) is 20.3 Å². The van der Waals surface area contributed by atoms with Gasteiger partial charge < -0.3 is 9.80 Å². The van der Waals surface area contributed by atoms with Crippen molar-refractivity contribution in [3.63, 3.8) is 0 Å². The van der Waals surface area contributed by atoms with E-state index in [2.05, 4.69) is 0 Å². The van der Waals surface area contributed by atoms with Crippen LogP contribution in [0.5, 0.6) is 0 Å². The predicted octanol–water partition coefficient (Wildman–Crippen LogP) is 0.863. The molecule has 2 amide bonds. The van der Waals surface area contributed by atoms with Crippen LogP contribution in [0.4, 0.5) is 0 Å². The Morgan fingerprint density at radius 2 is 1.76 bits per heavy atom. The van der Waals surface area contributed by atoms with Crippen molar-refractivity contribution in [1.29, 1.82) is 5.26 Å². The van der Waals surface area contributed by atoms with E-state index in [-0.39, 0.29) is 18.4 Å². The van der Waals surface area contributed by atoms with Crippen LogP contribution >= 0.6 is 0 Å². The topological polar surface area (TPSA) is 64.4 Å². The first-order valence-corrected chi connectivity index (χ1v) is 5.94. The first-order chi connectivity index (χ1) is 8.01. The van der Waals surface area contributed by atoms with Gasteiger partial charge >= 0.3 is 0 Å². The lowest BCUT2D eigenvalue weighted by atomic mass is 10.1. The molecule has 1 unspecified atom stereocenters. The zero-order valence-electron chi connectivity index (χ0n) is 11.1.